The summed E-state index contributed by atoms with van der Waals surface area (Å²) in [4.78, 5) is 5.41. The van der Waals surface area contributed by atoms with E-state index in [1.165, 1.54) is 162 Å². The molecular weight excluding hydrogens is 785 g/mol. The van der Waals surface area contributed by atoms with Gasteiger partial charge in [-0.1, -0.05) is 131 Å². The van der Waals surface area contributed by atoms with Gasteiger partial charge in [0.15, 0.2) is 0 Å². The molecule has 5 aliphatic rings. The summed E-state index contributed by atoms with van der Waals surface area (Å²) >= 11 is 0. The number of hydrogen-bond acceptors (Lipinski definition) is 2. The van der Waals surface area contributed by atoms with E-state index in [4.69, 9.17) is 0 Å². The van der Waals surface area contributed by atoms with Gasteiger partial charge in [0.05, 0.1) is 11.1 Å². The Kier molecular flexibility index (Phi) is 8.28. The molecule has 2 heteroatoms. The summed E-state index contributed by atoms with van der Waals surface area (Å²) in [7, 11) is 0. The molecule has 8 aromatic carbocycles. The second-order valence-corrected chi connectivity index (χ2v) is 21.5. The van der Waals surface area contributed by atoms with Crippen LogP contribution in [0.5, 0.6) is 0 Å². The maximum Gasteiger partial charge on any atom is 0.0517 e. The van der Waals surface area contributed by atoms with Gasteiger partial charge in [-0.25, -0.2) is 0 Å². The molecule has 322 valence electrons. The lowest BCUT2D eigenvalue weighted by molar-refractivity contribution is 0.195. The first-order chi connectivity index (χ1) is 31.5. The number of para-hydroxylation sites is 2. The van der Waals surface area contributed by atoms with E-state index < -0.39 is 0 Å². The average Bonchev–Trinajstić information content (AvgIpc) is 3.87. The van der Waals surface area contributed by atoms with E-state index in [0.29, 0.717) is 0 Å². The summed E-state index contributed by atoms with van der Waals surface area (Å²) in [6, 6.07) is 56.6. The van der Waals surface area contributed by atoms with E-state index in [2.05, 4.69) is 197 Å². The van der Waals surface area contributed by atoms with Gasteiger partial charge in [0, 0.05) is 33.6 Å². The van der Waals surface area contributed by atoms with Crippen molar-refractivity contribution in [3.8, 4) is 33.4 Å². The van der Waals surface area contributed by atoms with E-state index in [1.54, 1.807) is 0 Å². The molecule has 2 nitrogen and oxygen atoms in total. The lowest BCUT2D eigenvalue weighted by atomic mass is 9.61. The fourth-order valence-electron chi connectivity index (χ4n) is 14.6. The number of anilines is 4. The molecule has 2 heterocycles. The van der Waals surface area contributed by atoms with E-state index >= 15 is 0 Å². The zero-order valence-electron chi connectivity index (χ0n) is 39.1. The lowest BCUT2D eigenvalue weighted by Gasteiger charge is -2.50. The Hall–Kier alpha value is -6.12. The summed E-state index contributed by atoms with van der Waals surface area (Å²) in [5.41, 5.74) is 22.5. The molecule has 2 fully saturated rings. The zero-order chi connectivity index (χ0) is 44.0. The molecule has 0 aromatic heterocycles. The molecule has 2 aliphatic heterocycles. The van der Waals surface area contributed by atoms with Crippen LogP contribution in [0.4, 0.5) is 22.7 Å². The SMILES string of the molecule is Cc1cc2c(cc1-c1ccc3c(c1)Cc1c-3c3ccccc3c3cc(-c4cc5c(cc4C)N(c4ccccc4)C4(C)CCCCC54C)ccc13)C1(C)CCCCC1(C)N2c1ccccc1. The maximum absolute atomic E-state index is 2.71. The molecule has 8 aromatic rings. The number of hydrogen-bond donors (Lipinski definition) is 0. The second kappa shape index (κ2) is 13.7. The molecule has 0 spiro atoms. The summed E-state index contributed by atoms with van der Waals surface area (Å²) < 4.78 is 0. The third-order valence-electron chi connectivity index (χ3n) is 18.4. The average molecular weight is 845 g/mol. The van der Waals surface area contributed by atoms with Crippen LogP contribution >= 0.6 is 0 Å². The number of nitrogens with zero attached hydrogens (tertiary/aromatic N) is 2. The second-order valence-electron chi connectivity index (χ2n) is 21.5. The summed E-state index contributed by atoms with van der Waals surface area (Å²) in [6.45, 7) is 14.9. The number of benzene rings is 8. The highest BCUT2D eigenvalue weighted by Gasteiger charge is 2.59. The Balaban J connectivity index is 0.914. The first kappa shape index (κ1) is 39.3. The molecular formula is C63H60N2. The van der Waals surface area contributed by atoms with Crippen LogP contribution in [0.2, 0.25) is 0 Å². The first-order valence-electron chi connectivity index (χ1n) is 24.6. The summed E-state index contributed by atoms with van der Waals surface area (Å²) in [5, 5.41) is 5.47. The van der Waals surface area contributed by atoms with Crippen molar-refractivity contribution in [2.75, 3.05) is 9.80 Å². The van der Waals surface area contributed by atoms with Gasteiger partial charge in [0.1, 0.15) is 0 Å². The first-order valence-corrected chi connectivity index (χ1v) is 24.6. The molecule has 4 unspecified atom stereocenters. The Morgan fingerprint density at radius 1 is 0.415 bits per heavy atom. The monoisotopic (exact) mass is 844 g/mol. The minimum absolute atomic E-state index is 0.0345. The van der Waals surface area contributed by atoms with Gasteiger partial charge < -0.3 is 9.80 Å². The normalized spacial score (nSPS) is 25.0. The van der Waals surface area contributed by atoms with Crippen LogP contribution in [-0.4, -0.2) is 11.1 Å². The fraction of sp³-hybridized carbons (Fsp3) is 0.302. The van der Waals surface area contributed by atoms with E-state index in [1.807, 2.05) is 0 Å². The van der Waals surface area contributed by atoms with Crippen LogP contribution in [0, 0.1) is 13.8 Å². The highest BCUT2D eigenvalue weighted by Crippen LogP contribution is 2.63. The highest BCUT2D eigenvalue weighted by atomic mass is 15.3. The molecule has 0 radical (unpaired) electrons. The van der Waals surface area contributed by atoms with Gasteiger partial charge >= 0.3 is 0 Å². The predicted octanol–water partition coefficient (Wildman–Crippen LogP) is 17.0. The van der Waals surface area contributed by atoms with Gasteiger partial charge in [-0.3, -0.25) is 0 Å². The van der Waals surface area contributed by atoms with Crippen LogP contribution < -0.4 is 9.80 Å². The molecule has 0 saturated heterocycles. The van der Waals surface area contributed by atoms with Crippen molar-refractivity contribution >= 4 is 44.3 Å². The fourth-order valence-corrected chi connectivity index (χ4v) is 14.6. The topological polar surface area (TPSA) is 6.48 Å². The zero-order valence-corrected chi connectivity index (χ0v) is 39.1. The quantitative estimate of drug-likeness (QED) is 0.163. The summed E-state index contributed by atoms with van der Waals surface area (Å²) in [5.74, 6) is 0. The van der Waals surface area contributed by atoms with E-state index in [-0.39, 0.29) is 21.9 Å². The predicted molar refractivity (Wildman–Crippen MR) is 276 cm³/mol. The molecule has 4 atom stereocenters. The van der Waals surface area contributed by atoms with E-state index in [0.717, 1.165) is 6.42 Å². The van der Waals surface area contributed by atoms with Crippen LogP contribution in [0.3, 0.4) is 0 Å². The Morgan fingerprint density at radius 3 is 1.48 bits per heavy atom. The van der Waals surface area contributed by atoms with Crippen LogP contribution in [-0.2, 0) is 17.3 Å². The number of fused-ring (bicyclic) bond motifs is 14. The Labute approximate surface area is 386 Å². The molecule has 0 N–H and O–H groups in total. The standard InChI is InChI=1S/C63H60N2/c1-40-33-57-55(60(3)29-15-17-31-62(60,5)64(57)45-19-9-7-10-20-45)38-51(40)42-25-27-47-44(35-42)37-54-49-28-26-43(36-53(49)48-23-13-14-24-50(48)59(47)54)52-39-56-58(34-41(52)2)65(46-21-11-8-12-22-46)63(6)32-18-16-30-61(56,63)4/h7-14,19-28,33-36,38-39H,15-18,29-32,37H2,1-6H3. The van der Waals surface area contributed by atoms with Crippen molar-refractivity contribution in [2.24, 2.45) is 0 Å². The van der Waals surface area contributed by atoms with Crippen LogP contribution in [0.15, 0.2) is 146 Å². The lowest BCUT2D eigenvalue weighted by Crippen LogP contribution is -2.54. The molecule has 65 heavy (non-hydrogen) atoms. The minimum Gasteiger partial charge on any atom is -0.334 e. The molecule has 13 rings (SSSR count). The third kappa shape index (κ3) is 5.18. The van der Waals surface area contributed by atoms with Crippen molar-refractivity contribution in [3.05, 3.63) is 179 Å². The highest BCUT2D eigenvalue weighted by molar-refractivity contribution is 6.18. The van der Waals surface area contributed by atoms with E-state index in [9.17, 15) is 0 Å². The van der Waals surface area contributed by atoms with Gasteiger partial charge in [0.25, 0.3) is 0 Å². The van der Waals surface area contributed by atoms with Gasteiger partial charge in [-0.05, 0) is 203 Å². The largest absolute Gasteiger partial charge is 0.334 e. The third-order valence-corrected chi connectivity index (χ3v) is 18.4. The summed E-state index contributed by atoms with van der Waals surface area (Å²) in [6.07, 6.45) is 10.9. The smallest absolute Gasteiger partial charge is 0.0517 e. The molecule has 2 saturated carbocycles. The Morgan fingerprint density at radius 2 is 0.908 bits per heavy atom. The molecule has 0 bridgehead atoms. The minimum atomic E-state index is 0.0345. The van der Waals surface area contributed by atoms with Crippen molar-refractivity contribution in [3.63, 3.8) is 0 Å². The Bertz CT molecular complexity index is 3290. The molecule has 0 amide bonds. The van der Waals surface area contributed by atoms with Gasteiger partial charge in [0.2, 0.25) is 0 Å². The van der Waals surface area contributed by atoms with Crippen molar-refractivity contribution in [1.82, 2.24) is 0 Å². The van der Waals surface area contributed by atoms with Crippen LogP contribution in [0.1, 0.15) is 112 Å². The van der Waals surface area contributed by atoms with Crippen LogP contribution in [0.25, 0.3) is 54.9 Å². The van der Waals surface area contributed by atoms with Crippen molar-refractivity contribution < 1.29 is 0 Å². The molecule has 3 aliphatic carbocycles. The van der Waals surface area contributed by atoms with Crippen molar-refractivity contribution in [2.45, 2.75) is 121 Å². The number of aryl methyl sites for hydroxylation is 2. The van der Waals surface area contributed by atoms with Crippen molar-refractivity contribution in [1.29, 1.82) is 0 Å². The van der Waals surface area contributed by atoms with Gasteiger partial charge in [-0.15, -0.1) is 0 Å². The maximum atomic E-state index is 2.71. The number of rotatable bonds is 4. The van der Waals surface area contributed by atoms with Gasteiger partial charge in [-0.2, -0.15) is 0 Å².